The molecule has 0 amide bonds. The van der Waals surface area contributed by atoms with E-state index in [4.69, 9.17) is 0 Å². The monoisotopic (exact) mass is 305 g/mol. The first-order valence-corrected chi connectivity index (χ1v) is 7.53. The SMILES string of the molecule is CCCC(CS)CSc1ncccc1Br. The number of nitrogens with zero attached hydrogens (tertiary/aromatic N) is 1. The van der Waals surface area contributed by atoms with E-state index < -0.39 is 0 Å². The molecule has 0 fully saturated rings. The lowest BCUT2D eigenvalue weighted by atomic mass is 10.1. The van der Waals surface area contributed by atoms with Crippen molar-refractivity contribution >= 4 is 40.3 Å². The average molecular weight is 306 g/mol. The molecule has 1 nitrogen and oxygen atoms in total. The molecule has 0 N–H and O–H groups in total. The quantitative estimate of drug-likeness (QED) is 0.622. The molecule has 4 heteroatoms. The molecule has 0 aliphatic rings. The van der Waals surface area contributed by atoms with Crippen LogP contribution in [0.3, 0.4) is 0 Å². The molecule has 1 unspecified atom stereocenters. The first-order valence-electron chi connectivity index (χ1n) is 5.12. The van der Waals surface area contributed by atoms with Gasteiger partial charge in [-0.2, -0.15) is 12.6 Å². The molecule has 0 aliphatic carbocycles. The lowest BCUT2D eigenvalue weighted by molar-refractivity contribution is 0.595. The van der Waals surface area contributed by atoms with Crippen molar-refractivity contribution in [2.75, 3.05) is 11.5 Å². The van der Waals surface area contributed by atoms with E-state index in [1.165, 1.54) is 12.8 Å². The summed E-state index contributed by atoms with van der Waals surface area (Å²) in [6.07, 6.45) is 4.32. The van der Waals surface area contributed by atoms with E-state index in [1.807, 2.05) is 30.1 Å². The molecule has 0 aliphatic heterocycles. The van der Waals surface area contributed by atoms with Crippen molar-refractivity contribution < 1.29 is 0 Å². The standard InChI is InChI=1S/C11H16BrNS2/c1-2-4-9(7-14)8-15-11-10(12)5-3-6-13-11/h3,5-6,9,14H,2,4,7-8H2,1H3. The lowest BCUT2D eigenvalue weighted by Gasteiger charge is -2.12. The van der Waals surface area contributed by atoms with Crippen LogP contribution in [0, 0.1) is 5.92 Å². The Morgan fingerprint density at radius 2 is 2.40 bits per heavy atom. The van der Waals surface area contributed by atoms with Gasteiger partial charge in [-0.15, -0.1) is 11.8 Å². The second kappa shape index (κ2) is 7.58. The minimum Gasteiger partial charge on any atom is -0.249 e. The first-order chi connectivity index (χ1) is 7.27. The van der Waals surface area contributed by atoms with Gasteiger partial charge < -0.3 is 0 Å². The molecular formula is C11H16BrNS2. The summed E-state index contributed by atoms with van der Waals surface area (Å²) < 4.78 is 1.09. The highest BCUT2D eigenvalue weighted by molar-refractivity contribution is 9.10. The number of hydrogen-bond donors (Lipinski definition) is 1. The topological polar surface area (TPSA) is 12.9 Å². The van der Waals surface area contributed by atoms with Gasteiger partial charge in [0.2, 0.25) is 0 Å². The number of rotatable bonds is 6. The highest BCUT2D eigenvalue weighted by Gasteiger charge is 2.08. The maximum Gasteiger partial charge on any atom is 0.110 e. The van der Waals surface area contributed by atoms with Crippen molar-refractivity contribution in [1.29, 1.82) is 0 Å². The van der Waals surface area contributed by atoms with E-state index in [1.54, 1.807) is 0 Å². The minimum absolute atomic E-state index is 0.692. The van der Waals surface area contributed by atoms with E-state index >= 15 is 0 Å². The summed E-state index contributed by atoms with van der Waals surface area (Å²) in [7, 11) is 0. The Hall–Kier alpha value is 0.330. The van der Waals surface area contributed by atoms with Gasteiger partial charge in [-0.05, 0) is 46.2 Å². The highest BCUT2D eigenvalue weighted by Crippen LogP contribution is 2.27. The van der Waals surface area contributed by atoms with Crippen LogP contribution < -0.4 is 0 Å². The van der Waals surface area contributed by atoms with Crippen LogP contribution in [0.15, 0.2) is 27.8 Å². The van der Waals surface area contributed by atoms with E-state index in [9.17, 15) is 0 Å². The van der Waals surface area contributed by atoms with E-state index in [0.717, 1.165) is 21.0 Å². The Labute approximate surface area is 110 Å². The molecule has 1 aromatic heterocycles. The molecule has 0 saturated heterocycles. The minimum atomic E-state index is 0.692. The lowest BCUT2D eigenvalue weighted by Crippen LogP contribution is -2.05. The number of aromatic nitrogens is 1. The summed E-state index contributed by atoms with van der Waals surface area (Å²) >= 11 is 9.69. The maximum atomic E-state index is 4.38. The van der Waals surface area contributed by atoms with E-state index in [2.05, 4.69) is 40.5 Å². The third-order valence-electron chi connectivity index (χ3n) is 2.14. The average Bonchev–Trinajstić information content (AvgIpc) is 2.26. The molecule has 1 heterocycles. The normalized spacial score (nSPS) is 12.7. The van der Waals surface area contributed by atoms with Gasteiger partial charge in [-0.1, -0.05) is 13.3 Å². The van der Waals surface area contributed by atoms with Crippen LogP contribution >= 0.6 is 40.3 Å². The Morgan fingerprint density at radius 3 is 3.00 bits per heavy atom. The van der Waals surface area contributed by atoms with E-state index in [-0.39, 0.29) is 0 Å². The predicted molar refractivity (Wildman–Crippen MR) is 74.9 cm³/mol. The fourth-order valence-corrected chi connectivity index (χ4v) is 3.41. The Kier molecular flexibility index (Phi) is 6.77. The molecule has 0 spiro atoms. The highest BCUT2D eigenvalue weighted by atomic mass is 79.9. The molecule has 1 atom stereocenters. The molecule has 1 aromatic rings. The van der Waals surface area contributed by atoms with Crippen LogP contribution in [0.25, 0.3) is 0 Å². The smallest absolute Gasteiger partial charge is 0.110 e. The van der Waals surface area contributed by atoms with Gasteiger partial charge in [0, 0.05) is 16.4 Å². The molecule has 0 radical (unpaired) electrons. The van der Waals surface area contributed by atoms with Gasteiger partial charge in [0.15, 0.2) is 0 Å². The number of thiol groups is 1. The third-order valence-corrected chi connectivity index (χ3v) is 4.79. The Morgan fingerprint density at radius 1 is 1.60 bits per heavy atom. The molecule has 0 aromatic carbocycles. The van der Waals surface area contributed by atoms with Crippen LogP contribution in [0.4, 0.5) is 0 Å². The fraction of sp³-hybridized carbons (Fsp3) is 0.545. The van der Waals surface area contributed by atoms with Crippen molar-refractivity contribution in [3.05, 3.63) is 22.8 Å². The molecule has 1 rings (SSSR count). The summed E-state index contributed by atoms with van der Waals surface area (Å²) in [5, 5.41) is 1.08. The Bertz CT molecular complexity index is 294. The van der Waals surface area contributed by atoms with Crippen LogP contribution in [0.1, 0.15) is 19.8 Å². The van der Waals surface area contributed by atoms with Crippen molar-refractivity contribution in [2.24, 2.45) is 5.92 Å². The summed E-state index contributed by atoms with van der Waals surface area (Å²) in [6, 6.07) is 3.97. The van der Waals surface area contributed by atoms with Crippen LogP contribution in [-0.2, 0) is 0 Å². The number of hydrogen-bond acceptors (Lipinski definition) is 3. The van der Waals surface area contributed by atoms with Gasteiger partial charge in [0.05, 0.1) is 0 Å². The zero-order chi connectivity index (χ0) is 11.1. The van der Waals surface area contributed by atoms with Crippen LogP contribution in [-0.4, -0.2) is 16.5 Å². The maximum absolute atomic E-state index is 4.38. The van der Waals surface area contributed by atoms with E-state index in [0.29, 0.717) is 5.92 Å². The molecular weight excluding hydrogens is 290 g/mol. The van der Waals surface area contributed by atoms with Gasteiger partial charge in [-0.3, -0.25) is 0 Å². The molecule has 0 saturated carbocycles. The second-order valence-electron chi connectivity index (χ2n) is 3.44. The van der Waals surface area contributed by atoms with Gasteiger partial charge in [0.25, 0.3) is 0 Å². The van der Waals surface area contributed by atoms with Crippen LogP contribution in [0.2, 0.25) is 0 Å². The summed E-state index contributed by atoms with van der Waals surface area (Å²) in [6.45, 7) is 2.22. The predicted octanol–water partition coefficient (Wildman–Crippen LogP) is 4.28. The third kappa shape index (κ3) is 4.79. The zero-order valence-corrected chi connectivity index (χ0v) is 12.1. The van der Waals surface area contributed by atoms with Gasteiger partial charge in [0.1, 0.15) is 5.03 Å². The summed E-state index contributed by atoms with van der Waals surface area (Å²) in [5.41, 5.74) is 0. The van der Waals surface area contributed by atoms with Crippen molar-refractivity contribution in [3.8, 4) is 0 Å². The largest absolute Gasteiger partial charge is 0.249 e. The van der Waals surface area contributed by atoms with Crippen molar-refractivity contribution in [1.82, 2.24) is 4.98 Å². The molecule has 15 heavy (non-hydrogen) atoms. The second-order valence-corrected chi connectivity index (χ2v) is 5.67. The van der Waals surface area contributed by atoms with Gasteiger partial charge in [-0.25, -0.2) is 4.98 Å². The summed E-state index contributed by atoms with van der Waals surface area (Å²) in [4.78, 5) is 4.34. The summed E-state index contributed by atoms with van der Waals surface area (Å²) in [5.74, 6) is 2.76. The van der Waals surface area contributed by atoms with Crippen LogP contribution in [0.5, 0.6) is 0 Å². The fourth-order valence-electron chi connectivity index (χ4n) is 1.31. The Balaban J connectivity index is 2.45. The van der Waals surface area contributed by atoms with Crippen molar-refractivity contribution in [3.63, 3.8) is 0 Å². The number of pyridine rings is 1. The number of halogens is 1. The van der Waals surface area contributed by atoms with Gasteiger partial charge >= 0.3 is 0 Å². The molecule has 0 bridgehead atoms. The zero-order valence-electron chi connectivity index (χ0n) is 8.82. The molecule has 84 valence electrons. The first kappa shape index (κ1) is 13.4. The van der Waals surface area contributed by atoms with Crippen molar-refractivity contribution in [2.45, 2.75) is 24.8 Å². The number of thioether (sulfide) groups is 1.